The highest BCUT2D eigenvalue weighted by molar-refractivity contribution is 6.29. The summed E-state index contributed by atoms with van der Waals surface area (Å²) in [6.07, 6.45) is 0. The second kappa shape index (κ2) is 7.23. The molecule has 0 heterocycles. The minimum atomic E-state index is -0.501. The lowest BCUT2D eigenvalue weighted by Gasteiger charge is -2.48. The summed E-state index contributed by atoms with van der Waals surface area (Å²) in [5.74, 6) is 0.110. The van der Waals surface area contributed by atoms with Crippen LogP contribution in [0.15, 0.2) is 93.9 Å². The van der Waals surface area contributed by atoms with Crippen LogP contribution in [-0.4, -0.2) is 40.0 Å². The molecule has 36 heavy (non-hydrogen) atoms. The number of carbonyl (C=O) groups excluding carboxylic acids is 2. The monoisotopic (exact) mass is 480 g/mol. The first-order valence-electron chi connectivity index (χ1n) is 12.0. The molecule has 4 atom stereocenters. The predicted molar refractivity (Wildman–Crippen MR) is 130 cm³/mol. The number of hydrogen-bond donors (Lipinski definition) is 0. The zero-order valence-corrected chi connectivity index (χ0v) is 20.4. The number of ether oxygens (including phenoxy) is 4. The molecule has 7 aliphatic rings. The number of methoxy groups -OCH3 is 4. The highest BCUT2D eigenvalue weighted by Crippen LogP contribution is 2.64. The van der Waals surface area contributed by atoms with Crippen molar-refractivity contribution in [3.63, 3.8) is 0 Å². The van der Waals surface area contributed by atoms with Gasteiger partial charge < -0.3 is 18.9 Å². The van der Waals surface area contributed by atoms with Gasteiger partial charge >= 0.3 is 0 Å². The van der Waals surface area contributed by atoms with E-state index in [1.165, 1.54) is 0 Å². The summed E-state index contributed by atoms with van der Waals surface area (Å²) in [6.45, 7) is 0. The molecular weight excluding hydrogens is 456 g/mol. The number of hydrogen-bond acceptors (Lipinski definition) is 6. The minimum absolute atomic E-state index is 0.122. The summed E-state index contributed by atoms with van der Waals surface area (Å²) in [5, 5.41) is 0. The van der Waals surface area contributed by atoms with E-state index in [2.05, 4.69) is 0 Å². The molecule has 0 aromatic heterocycles. The van der Waals surface area contributed by atoms with Gasteiger partial charge in [0.05, 0.1) is 52.1 Å². The third-order valence-electron chi connectivity index (χ3n) is 8.36. The van der Waals surface area contributed by atoms with Crippen LogP contribution in [0.3, 0.4) is 0 Å². The van der Waals surface area contributed by atoms with E-state index in [0.29, 0.717) is 45.3 Å². The van der Waals surface area contributed by atoms with Crippen molar-refractivity contribution in [2.45, 2.75) is 23.7 Å². The van der Waals surface area contributed by atoms with E-state index in [4.69, 9.17) is 18.9 Å². The Morgan fingerprint density at radius 3 is 0.861 bits per heavy atom. The number of carbonyl (C=O) groups is 2. The molecule has 0 saturated carbocycles. The quantitative estimate of drug-likeness (QED) is 0.599. The highest BCUT2D eigenvalue weighted by atomic mass is 16.5. The van der Waals surface area contributed by atoms with E-state index < -0.39 is 23.7 Å². The molecule has 6 heteroatoms. The second-order valence-electron chi connectivity index (χ2n) is 9.58. The van der Waals surface area contributed by atoms with E-state index >= 15 is 0 Å². The number of ketones is 2. The Bertz CT molecular complexity index is 1310. The Hall–Kier alpha value is -4.06. The van der Waals surface area contributed by atoms with Gasteiger partial charge in [-0.25, -0.2) is 0 Å². The Labute approximate surface area is 208 Å². The van der Waals surface area contributed by atoms with Crippen molar-refractivity contribution in [1.29, 1.82) is 0 Å². The van der Waals surface area contributed by atoms with Crippen LogP contribution in [0.2, 0.25) is 0 Å². The maximum Gasteiger partial charge on any atom is 0.188 e. The number of allylic oxidation sites excluding steroid dienone is 4. The van der Waals surface area contributed by atoms with Gasteiger partial charge in [0.15, 0.2) is 11.6 Å². The van der Waals surface area contributed by atoms with E-state index in [9.17, 15) is 9.59 Å². The summed E-state index contributed by atoms with van der Waals surface area (Å²) in [5.41, 5.74) is 5.91. The maximum absolute atomic E-state index is 14.5. The van der Waals surface area contributed by atoms with Crippen LogP contribution in [0, 0.1) is 0 Å². The van der Waals surface area contributed by atoms with Gasteiger partial charge in [-0.2, -0.15) is 0 Å². The first-order chi connectivity index (χ1) is 17.6. The van der Waals surface area contributed by atoms with Crippen LogP contribution in [0.4, 0.5) is 0 Å². The van der Waals surface area contributed by atoms with Crippen LogP contribution in [0.1, 0.15) is 45.9 Å². The zero-order valence-electron chi connectivity index (χ0n) is 20.4. The molecular formula is C30H24O6. The van der Waals surface area contributed by atoms with Gasteiger partial charge in [0.1, 0.15) is 23.0 Å². The summed E-state index contributed by atoms with van der Waals surface area (Å²) >= 11 is 0. The van der Waals surface area contributed by atoms with Crippen molar-refractivity contribution in [2.75, 3.05) is 28.4 Å². The molecule has 2 aromatic rings. The molecule has 9 rings (SSSR count). The fraction of sp³-hybridized carbons (Fsp3) is 0.267. The fourth-order valence-electron chi connectivity index (χ4n) is 7.15. The van der Waals surface area contributed by atoms with Crippen LogP contribution in [0.5, 0.6) is 0 Å². The van der Waals surface area contributed by atoms with Crippen molar-refractivity contribution in [1.82, 2.24) is 0 Å². The third kappa shape index (κ3) is 2.23. The predicted octanol–water partition coefficient (Wildman–Crippen LogP) is 4.53. The lowest BCUT2D eigenvalue weighted by atomic mass is 9.55. The largest absolute Gasteiger partial charge is 0.497 e. The van der Waals surface area contributed by atoms with Crippen LogP contribution < -0.4 is 0 Å². The number of Topliss-reactive ketones (excluding diaryl/α,β-unsaturated/α-hetero) is 2. The van der Waals surface area contributed by atoms with Gasteiger partial charge in [-0.1, -0.05) is 48.5 Å². The molecule has 0 unspecified atom stereocenters. The Balaban J connectivity index is 1.50. The SMILES string of the molecule is COC1=C(OC)[C@H]2C3=C(C(=O)C4=C(C3=O)[C@H]3C(OC)=C(OC)[C@@H]4c4ccccc43)[C@@H]1c1ccccc12. The van der Waals surface area contributed by atoms with Gasteiger partial charge in [-0.3, -0.25) is 9.59 Å². The summed E-state index contributed by atoms with van der Waals surface area (Å²) in [4.78, 5) is 29.1. The average Bonchev–Trinajstić information content (AvgIpc) is 2.93. The molecule has 0 radical (unpaired) electrons. The lowest BCUT2D eigenvalue weighted by Crippen LogP contribution is -2.44. The highest BCUT2D eigenvalue weighted by Gasteiger charge is 2.59. The summed E-state index contributed by atoms with van der Waals surface area (Å²) in [6, 6.07) is 15.9. The van der Waals surface area contributed by atoms with Crippen molar-refractivity contribution in [2.24, 2.45) is 0 Å². The Kier molecular flexibility index (Phi) is 4.27. The first-order valence-corrected chi connectivity index (χ1v) is 12.0. The molecule has 180 valence electrons. The van der Waals surface area contributed by atoms with Gasteiger partial charge in [-0.15, -0.1) is 0 Å². The molecule has 0 amide bonds. The summed E-state index contributed by atoms with van der Waals surface area (Å²) in [7, 11) is 6.36. The van der Waals surface area contributed by atoms with Crippen molar-refractivity contribution < 1.29 is 28.5 Å². The standard InChI is InChI=1S/C30H24O6/c1-33-27-17-13-9-5-6-10-14(13)18(28(27)34-2)22-21(17)25(31)23-19-15-11-7-8-12-16(15)20(24(23)26(22)32)30(36-4)29(19)35-3/h5-12,17-20H,1-4H3/t17-,18+,19+,20-. The molecule has 0 saturated heterocycles. The molecule has 0 N–H and O–H groups in total. The lowest BCUT2D eigenvalue weighted by molar-refractivity contribution is -0.118. The first kappa shape index (κ1) is 21.2. The Morgan fingerprint density at radius 2 is 0.667 bits per heavy atom. The van der Waals surface area contributed by atoms with Crippen LogP contribution in [-0.2, 0) is 28.5 Å². The number of rotatable bonds is 4. The van der Waals surface area contributed by atoms with Crippen molar-refractivity contribution in [3.05, 3.63) is 116 Å². The van der Waals surface area contributed by atoms with E-state index in [1.807, 2.05) is 48.5 Å². The van der Waals surface area contributed by atoms with Gasteiger partial charge in [-0.05, 0) is 22.3 Å². The van der Waals surface area contributed by atoms with Crippen LogP contribution in [0.25, 0.3) is 0 Å². The molecule has 0 fully saturated rings. The topological polar surface area (TPSA) is 71.1 Å². The van der Waals surface area contributed by atoms with Gasteiger partial charge in [0.25, 0.3) is 0 Å². The smallest absolute Gasteiger partial charge is 0.188 e. The van der Waals surface area contributed by atoms with E-state index in [-0.39, 0.29) is 11.6 Å². The third-order valence-corrected chi connectivity index (χ3v) is 8.36. The zero-order chi connectivity index (χ0) is 24.9. The average molecular weight is 481 g/mol. The number of benzene rings is 2. The maximum atomic E-state index is 14.5. The van der Waals surface area contributed by atoms with E-state index in [1.54, 1.807) is 28.4 Å². The molecule has 7 aliphatic carbocycles. The molecule has 0 spiro atoms. The van der Waals surface area contributed by atoms with Crippen LogP contribution >= 0.6 is 0 Å². The Morgan fingerprint density at radius 1 is 0.444 bits per heavy atom. The van der Waals surface area contributed by atoms with E-state index in [0.717, 1.165) is 22.3 Å². The summed E-state index contributed by atoms with van der Waals surface area (Å²) < 4.78 is 23.3. The molecule has 6 nitrogen and oxygen atoms in total. The second-order valence-corrected chi connectivity index (χ2v) is 9.58. The van der Waals surface area contributed by atoms with Gasteiger partial charge in [0, 0.05) is 22.3 Å². The molecule has 2 aromatic carbocycles. The van der Waals surface area contributed by atoms with Crippen molar-refractivity contribution in [3.8, 4) is 0 Å². The van der Waals surface area contributed by atoms with Crippen molar-refractivity contribution >= 4 is 11.6 Å². The molecule has 0 aliphatic heterocycles. The minimum Gasteiger partial charge on any atom is -0.497 e. The normalized spacial score (nSPS) is 27.1. The van der Waals surface area contributed by atoms with Gasteiger partial charge in [0.2, 0.25) is 0 Å². The fourth-order valence-corrected chi connectivity index (χ4v) is 7.15. The molecule has 4 bridgehead atoms.